The van der Waals surface area contributed by atoms with E-state index in [1.165, 1.54) is 11.1 Å². The highest BCUT2D eigenvalue weighted by Crippen LogP contribution is 2.40. The fourth-order valence-corrected chi connectivity index (χ4v) is 3.16. The summed E-state index contributed by atoms with van der Waals surface area (Å²) >= 11 is 0. The molecule has 1 fully saturated rings. The first-order valence-corrected chi connectivity index (χ1v) is 7.20. The number of hydrogen-bond acceptors (Lipinski definition) is 2. The van der Waals surface area contributed by atoms with Gasteiger partial charge in [0.05, 0.1) is 6.61 Å². The SMILES string of the molecule is CC1N(C)CCOC1(c1ccccc1)c1ccccc1. The van der Waals surface area contributed by atoms with E-state index >= 15 is 0 Å². The Morgan fingerprint density at radius 2 is 1.45 bits per heavy atom. The first-order valence-electron chi connectivity index (χ1n) is 7.20. The molecule has 2 heteroatoms. The molecule has 2 aromatic carbocycles. The van der Waals surface area contributed by atoms with E-state index in [1.54, 1.807) is 0 Å². The van der Waals surface area contributed by atoms with Gasteiger partial charge in [-0.3, -0.25) is 4.90 Å². The van der Waals surface area contributed by atoms with Crippen LogP contribution in [0.5, 0.6) is 0 Å². The van der Waals surface area contributed by atoms with Gasteiger partial charge >= 0.3 is 0 Å². The highest BCUT2D eigenvalue weighted by Gasteiger charge is 2.45. The minimum atomic E-state index is -0.379. The van der Waals surface area contributed by atoms with Gasteiger partial charge in [-0.1, -0.05) is 60.7 Å². The van der Waals surface area contributed by atoms with E-state index in [0.717, 1.165) is 13.2 Å². The molecule has 1 heterocycles. The average Bonchev–Trinajstić information content (AvgIpc) is 2.52. The Morgan fingerprint density at radius 1 is 0.950 bits per heavy atom. The van der Waals surface area contributed by atoms with Gasteiger partial charge in [0.25, 0.3) is 0 Å². The lowest BCUT2D eigenvalue weighted by Crippen LogP contribution is -2.55. The largest absolute Gasteiger partial charge is 0.363 e. The van der Waals surface area contributed by atoms with Crippen LogP contribution in [0.3, 0.4) is 0 Å². The number of hydrogen-bond donors (Lipinski definition) is 0. The molecule has 104 valence electrons. The van der Waals surface area contributed by atoms with Gasteiger partial charge in [-0.05, 0) is 25.1 Å². The van der Waals surface area contributed by atoms with E-state index in [2.05, 4.69) is 79.5 Å². The van der Waals surface area contributed by atoms with Gasteiger partial charge < -0.3 is 4.74 Å². The van der Waals surface area contributed by atoms with Crippen LogP contribution in [-0.4, -0.2) is 31.1 Å². The molecule has 1 aliphatic rings. The molecule has 1 atom stereocenters. The molecule has 0 saturated carbocycles. The lowest BCUT2D eigenvalue weighted by atomic mass is 9.79. The summed E-state index contributed by atoms with van der Waals surface area (Å²) in [5.41, 5.74) is 2.07. The number of rotatable bonds is 2. The van der Waals surface area contributed by atoms with Gasteiger partial charge in [-0.2, -0.15) is 0 Å². The van der Waals surface area contributed by atoms with Crippen molar-refractivity contribution in [2.24, 2.45) is 0 Å². The Balaban J connectivity index is 2.18. The van der Waals surface area contributed by atoms with E-state index < -0.39 is 0 Å². The van der Waals surface area contributed by atoms with Crippen LogP contribution in [0.2, 0.25) is 0 Å². The second kappa shape index (κ2) is 5.39. The van der Waals surface area contributed by atoms with Crippen molar-refractivity contribution >= 4 is 0 Å². The van der Waals surface area contributed by atoms with Gasteiger partial charge in [0, 0.05) is 12.6 Å². The first kappa shape index (κ1) is 13.3. The number of morpholine rings is 1. The zero-order valence-electron chi connectivity index (χ0n) is 12.1. The molecule has 1 unspecified atom stereocenters. The van der Waals surface area contributed by atoms with Gasteiger partial charge in [0.2, 0.25) is 0 Å². The van der Waals surface area contributed by atoms with Crippen molar-refractivity contribution in [3.05, 3.63) is 71.8 Å². The molecule has 0 amide bonds. The topological polar surface area (TPSA) is 12.5 Å². The van der Waals surface area contributed by atoms with E-state index in [9.17, 15) is 0 Å². The maximum absolute atomic E-state index is 6.38. The fourth-order valence-electron chi connectivity index (χ4n) is 3.16. The summed E-state index contributed by atoms with van der Waals surface area (Å²) < 4.78 is 6.38. The molecule has 1 aliphatic heterocycles. The van der Waals surface area contributed by atoms with Crippen molar-refractivity contribution in [3.63, 3.8) is 0 Å². The van der Waals surface area contributed by atoms with Gasteiger partial charge in [0.1, 0.15) is 5.60 Å². The predicted octanol–water partition coefficient (Wildman–Crippen LogP) is 3.28. The summed E-state index contributed by atoms with van der Waals surface area (Å²) in [6, 6.07) is 21.4. The third-order valence-electron chi connectivity index (χ3n) is 4.43. The quantitative estimate of drug-likeness (QED) is 0.828. The highest BCUT2D eigenvalue weighted by atomic mass is 16.5. The average molecular weight is 267 g/mol. The molecule has 3 rings (SSSR count). The zero-order chi connectivity index (χ0) is 14.0. The fraction of sp³-hybridized carbons (Fsp3) is 0.333. The summed E-state index contributed by atoms with van der Waals surface area (Å²) in [5, 5.41) is 0. The van der Waals surface area contributed by atoms with Crippen molar-refractivity contribution in [3.8, 4) is 0 Å². The number of likely N-dealkylation sites (N-methyl/N-ethyl adjacent to an activating group) is 1. The van der Waals surface area contributed by atoms with Gasteiger partial charge in [-0.25, -0.2) is 0 Å². The Hall–Kier alpha value is -1.64. The molecule has 20 heavy (non-hydrogen) atoms. The van der Waals surface area contributed by atoms with Crippen LogP contribution in [0.1, 0.15) is 18.1 Å². The summed E-state index contributed by atoms with van der Waals surface area (Å²) in [5.74, 6) is 0. The molecule has 0 aliphatic carbocycles. The molecular weight excluding hydrogens is 246 g/mol. The standard InChI is InChI=1S/C18H21NO/c1-15-18(20-14-13-19(15)2,16-9-5-3-6-10-16)17-11-7-4-8-12-17/h3-12,15H,13-14H2,1-2H3. The molecule has 1 saturated heterocycles. The maximum atomic E-state index is 6.38. The van der Waals surface area contributed by atoms with Crippen molar-refractivity contribution in [2.75, 3.05) is 20.2 Å². The molecule has 0 bridgehead atoms. The summed E-state index contributed by atoms with van der Waals surface area (Å²) in [7, 11) is 2.17. The van der Waals surface area contributed by atoms with Crippen LogP contribution < -0.4 is 0 Å². The van der Waals surface area contributed by atoms with Crippen molar-refractivity contribution in [1.29, 1.82) is 0 Å². The van der Waals surface area contributed by atoms with E-state index in [0.29, 0.717) is 6.04 Å². The van der Waals surface area contributed by atoms with Crippen molar-refractivity contribution in [1.82, 2.24) is 4.90 Å². The van der Waals surface area contributed by atoms with Crippen LogP contribution in [0.25, 0.3) is 0 Å². The van der Waals surface area contributed by atoms with Crippen LogP contribution >= 0.6 is 0 Å². The lowest BCUT2D eigenvalue weighted by Gasteiger charge is -2.48. The Kier molecular flexibility index (Phi) is 3.60. The summed E-state index contributed by atoms with van der Waals surface area (Å²) in [6.07, 6.45) is 0. The Morgan fingerprint density at radius 3 is 1.95 bits per heavy atom. The third-order valence-corrected chi connectivity index (χ3v) is 4.43. The Bertz CT molecular complexity index is 513. The molecule has 0 N–H and O–H groups in total. The number of benzene rings is 2. The monoisotopic (exact) mass is 267 g/mol. The van der Waals surface area contributed by atoms with Gasteiger partial charge in [-0.15, -0.1) is 0 Å². The molecule has 2 aromatic rings. The molecule has 0 radical (unpaired) electrons. The van der Waals surface area contributed by atoms with Crippen molar-refractivity contribution in [2.45, 2.75) is 18.6 Å². The second-order valence-electron chi connectivity index (χ2n) is 5.47. The van der Waals surface area contributed by atoms with E-state index in [4.69, 9.17) is 4.74 Å². The molecule has 2 nitrogen and oxygen atoms in total. The van der Waals surface area contributed by atoms with Crippen LogP contribution in [0.15, 0.2) is 60.7 Å². The maximum Gasteiger partial charge on any atom is 0.133 e. The minimum absolute atomic E-state index is 0.293. The van der Waals surface area contributed by atoms with Crippen LogP contribution in [-0.2, 0) is 10.3 Å². The predicted molar refractivity (Wildman–Crippen MR) is 81.7 cm³/mol. The molecule has 0 aromatic heterocycles. The van der Waals surface area contributed by atoms with E-state index in [-0.39, 0.29) is 5.60 Å². The zero-order valence-corrected chi connectivity index (χ0v) is 12.1. The number of ether oxygens (including phenoxy) is 1. The lowest BCUT2D eigenvalue weighted by molar-refractivity contribution is -0.116. The second-order valence-corrected chi connectivity index (χ2v) is 5.47. The summed E-state index contributed by atoms with van der Waals surface area (Å²) in [4.78, 5) is 2.38. The molecule has 0 spiro atoms. The highest BCUT2D eigenvalue weighted by molar-refractivity contribution is 5.39. The molecular formula is C18H21NO. The first-order chi connectivity index (χ1) is 9.75. The van der Waals surface area contributed by atoms with Crippen LogP contribution in [0, 0.1) is 0 Å². The third kappa shape index (κ3) is 2.05. The smallest absolute Gasteiger partial charge is 0.133 e. The van der Waals surface area contributed by atoms with Crippen molar-refractivity contribution < 1.29 is 4.74 Å². The number of nitrogens with zero attached hydrogens (tertiary/aromatic N) is 1. The van der Waals surface area contributed by atoms with Crippen LogP contribution in [0.4, 0.5) is 0 Å². The van der Waals surface area contributed by atoms with E-state index in [1.807, 2.05) is 0 Å². The Labute approximate surface area is 121 Å². The summed E-state index contributed by atoms with van der Waals surface area (Å²) in [6.45, 7) is 3.98. The normalized spacial score (nSPS) is 22.6. The van der Waals surface area contributed by atoms with Gasteiger partial charge in [0.15, 0.2) is 0 Å². The minimum Gasteiger partial charge on any atom is -0.363 e.